The number of benzene rings is 1. The van der Waals surface area contributed by atoms with Gasteiger partial charge in [0.25, 0.3) is 0 Å². The van der Waals surface area contributed by atoms with Gasteiger partial charge in [0.15, 0.2) is 0 Å². The average Bonchev–Trinajstić information content (AvgIpc) is 2.96. The van der Waals surface area contributed by atoms with Crippen molar-refractivity contribution in [1.82, 2.24) is 4.90 Å². The van der Waals surface area contributed by atoms with E-state index in [-0.39, 0.29) is 12.6 Å². The summed E-state index contributed by atoms with van der Waals surface area (Å²) in [5.41, 5.74) is -0.636. The fraction of sp³-hybridized carbons (Fsp3) is 0.529. The Hall–Kier alpha value is -1.25. The van der Waals surface area contributed by atoms with Crippen LogP contribution in [0.5, 0.6) is 0 Å². The van der Waals surface area contributed by atoms with Crippen LogP contribution in [0.3, 0.4) is 0 Å². The van der Waals surface area contributed by atoms with Crippen molar-refractivity contribution < 1.29 is 23.2 Å². The van der Waals surface area contributed by atoms with Crippen LogP contribution in [-0.4, -0.2) is 48.4 Å². The Morgan fingerprint density at radius 1 is 1.24 bits per heavy atom. The summed E-state index contributed by atoms with van der Waals surface area (Å²) < 4.78 is 17.0. The molecule has 25 heavy (non-hydrogen) atoms. The van der Waals surface area contributed by atoms with E-state index in [1.165, 1.54) is 24.1 Å². The van der Waals surface area contributed by atoms with Crippen molar-refractivity contribution in [3.05, 3.63) is 28.7 Å². The Morgan fingerprint density at radius 2 is 1.88 bits per heavy atom. The summed E-state index contributed by atoms with van der Waals surface area (Å²) in [6.07, 6.45) is -0.456. The first-order valence-electron chi connectivity index (χ1n) is 7.86. The van der Waals surface area contributed by atoms with Gasteiger partial charge in [-0.3, -0.25) is 4.90 Å². The van der Waals surface area contributed by atoms with Gasteiger partial charge in [0.05, 0.1) is 19.8 Å². The third-order valence-electron chi connectivity index (χ3n) is 3.46. The van der Waals surface area contributed by atoms with E-state index >= 15 is 0 Å². The van der Waals surface area contributed by atoms with Gasteiger partial charge < -0.3 is 13.7 Å². The van der Waals surface area contributed by atoms with E-state index in [4.69, 9.17) is 13.7 Å². The number of likely N-dealkylation sites (tertiary alicyclic amines) is 1. The fourth-order valence-electron chi connectivity index (χ4n) is 2.36. The average molecular weight is 432 g/mol. The Kier molecular flexibility index (Phi) is 6.76. The smallest absolute Gasteiger partial charge is 0.411 e. The van der Waals surface area contributed by atoms with Gasteiger partial charge in [-0.05, 0) is 45.0 Å². The molecule has 1 fully saturated rings. The maximum absolute atomic E-state index is 12.4. The molecule has 8 heteroatoms. The van der Waals surface area contributed by atoms with E-state index in [1.54, 1.807) is 20.8 Å². The molecule has 1 heterocycles. The van der Waals surface area contributed by atoms with Crippen molar-refractivity contribution in [3.8, 4) is 0 Å². The van der Waals surface area contributed by atoms with Crippen molar-refractivity contribution in [2.24, 2.45) is 0 Å². The second-order valence-electron chi connectivity index (χ2n) is 6.66. The van der Waals surface area contributed by atoms with E-state index < -0.39 is 23.7 Å². The summed E-state index contributed by atoms with van der Waals surface area (Å²) in [4.78, 5) is 26.7. The molecule has 0 bridgehead atoms. The third-order valence-corrected chi connectivity index (χ3v) is 4.82. The summed E-state index contributed by atoms with van der Waals surface area (Å²) in [6.45, 7) is 5.63. The lowest BCUT2D eigenvalue weighted by Gasteiger charge is -2.27. The Bertz CT molecular complexity index is 616. The van der Waals surface area contributed by atoms with Crippen LogP contribution in [0.15, 0.2) is 33.6 Å². The maximum atomic E-state index is 12.4. The van der Waals surface area contributed by atoms with Crippen LogP contribution >= 0.6 is 28.0 Å². The van der Waals surface area contributed by atoms with Gasteiger partial charge in [0.1, 0.15) is 11.6 Å². The molecule has 2 atom stereocenters. The van der Waals surface area contributed by atoms with Crippen LogP contribution in [0, 0.1) is 0 Å². The quantitative estimate of drug-likeness (QED) is 0.529. The number of hydrogen-bond acceptors (Lipinski definition) is 6. The van der Waals surface area contributed by atoms with Gasteiger partial charge in [-0.25, -0.2) is 9.59 Å². The fourth-order valence-corrected chi connectivity index (χ4v) is 3.26. The Balaban J connectivity index is 2.00. The predicted octanol–water partition coefficient (Wildman–Crippen LogP) is 4.02. The van der Waals surface area contributed by atoms with Crippen LogP contribution in [-0.2, 0) is 18.5 Å². The number of rotatable bonds is 4. The molecule has 1 aliphatic rings. The Morgan fingerprint density at radius 3 is 2.44 bits per heavy atom. The molecule has 1 aromatic carbocycles. The first kappa shape index (κ1) is 20.1. The number of carbonyl (C=O) groups excluding carboxylic acids is 2. The second-order valence-corrected chi connectivity index (χ2v) is 8.41. The molecular weight excluding hydrogens is 410 g/mol. The highest BCUT2D eigenvalue weighted by Gasteiger charge is 2.43. The van der Waals surface area contributed by atoms with Crippen LogP contribution in [0.2, 0.25) is 0 Å². The molecule has 0 saturated carbocycles. The van der Waals surface area contributed by atoms with Crippen molar-refractivity contribution in [2.75, 3.05) is 13.7 Å². The van der Waals surface area contributed by atoms with Gasteiger partial charge in [0, 0.05) is 27.8 Å². The summed E-state index contributed by atoms with van der Waals surface area (Å²) >= 11 is 4.61. The zero-order valence-electron chi connectivity index (χ0n) is 14.7. The lowest BCUT2D eigenvalue weighted by Crippen LogP contribution is -2.43. The number of hydrogen-bond donors (Lipinski definition) is 0. The van der Waals surface area contributed by atoms with E-state index in [1.807, 2.05) is 24.3 Å². The van der Waals surface area contributed by atoms with Gasteiger partial charge in [-0.15, -0.1) is 0 Å². The topological polar surface area (TPSA) is 65.1 Å². The number of ether oxygens (including phenoxy) is 2. The molecule has 0 N–H and O–H groups in total. The van der Waals surface area contributed by atoms with Gasteiger partial charge in [-0.2, -0.15) is 0 Å². The number of amides is 1. The highest BCUT2D eigenvalue weighted by Crippen LogP contribution is 2.30. The van der Waals surface area contributed by atoms with Crippen molar-refractivity contribution in [3.63, 3.8) is 0 Å². The zero-order chi connectivity index (χ0) is 18.6. The molecule has 1 amide bonds. The standard InChI is InChI=1S/C17H22BrNO5S/c1-17(2,3)23-16(21)19-10-12(9-14(19)15(20)22-4)24-25-13-7-5-11(18)6-8-13/h5-8,12,14H,9-10H2,1-4H3. The molecular formula is C17H22BrNO5S. The lowest BCUT2D eigenvalue weighted by molar-refractivity contribution is -0.145. The molecule has 138 valence electrons. The van der Waals surface area contributed by atoms with Gasteiger partial charge in [-0.1, -0.05) is 15.9 Å². The van der Waals surface area contributed by atoms with Crippen LogP contribution < -0.4 is 0 Å². The monoisotopic (exact) mass is 431 g/mol. The molecule has 2 rings (SSSR count). The summed E-state index contributed by atoms with van der Waals surface area (Å²) in [5.74, 6) is -0.467. The number of carbonyl (C=O) groups is 2. The molecule has 0 aliphatic carbocycles. The SMILES string of the molecule is COC(=O)C1CC(OSc2ccc(Br)cc2)CN1C(=O)OC(C)(C)C. The van der Waals surface area contributed by atoms with Gasteiger partial charge >= 0.3 is 12.1 Å². The molecule has 1 aliphatic heterocycles. The van der Waals surface area contributed by atoms with Crippen molar-refractivity contribution in [2.45, 2.75) is 49.8 Å². The number of nitrogens with zero attached hydrogens (tertiary/aromatic N) is 1. The molecule has 2 unspecified atom stereocenters. The van der Waals surface area contributed by atoms with E-state index in [9.17, 15) is 9.59 Å². The molecule has 0 spiro atoms. The highest BCUT2D eigenvalue weighted by atomic mass is 79.9. The summed E-state index contributed by atoms with van der Waals surface area (Å²) in [7, 11) is 1.31. The first-order chi connectivity index (χ1) is 11.7. The molecule has 6 nitrogen and oxygen atoms in total. The van der Waals surface area contributed by atoms with Gasteiger partial charge in [0.2, 0.25) is 0 Å². The van der Waals surface area contributed by atoms with Crippen LogP contribution in [0.1, 0.15) is 27.2 Å². The second kappa shape index (κ2) is 8.42. The maximum Gasteiger partial charge on any atom is 0.411 e. The summed E-state index contributed by atoms with van der Waals surface area (Å²) in [6, 6.07) is 6.99. The third kappa shape index (κ3) is 5.90. The number of esters is 1. The number of halogens is 1. The minimum atomic E-state index is -0.699. The molecule has 0 aromatic heterocycles. The lowest BCUT2D eigenvalue weighted by atomic mass is 10.2. The van der Waals surface area contributed by atoms with Crippen molar-refractivity contribution in [1.29, 1.82) is 0 Å². The molecule has 1 saturated heterocycles. The highest BCUT2D eigenvalue weighted by molar-refractivity contribution is 9.10. The minimum Gasteiger partial charge on any atom is -0.467 e. The predicted molar refractivity (Wildman–Crippen MR) is 98.2 cm³/mol. The van der Waals surface area contributed by atoms with E-state index in [0.717, 1.165) is 9.37 Å². The Labute approximate surface area is 160 Å². The molecule has 0 radical (unpaired) electrons. The minimum absolute atomic E-state index is 0.276. The van der Waals surface area contributed by atoms with E-state index in [0.29, 0.717) is 6.42 Å². The molecule has 1 aromatic rings. The van der Waals surface area contributed by atoms with Crippen molar-refractivity contribution >= 4 is 40.0 Å². The zero-order valence-corrected chi connectivity index (χ0v) is 17.1. The summed E-state index contributed by atoms with van der Waals surface area (Å²) in [5, 5.41) is 0. The van der Waals surface area contributed by atoms with Crippen LogP contribution in [0.25, 0.3) is 0 Å². The van der Waals surface area contributed by atoms with Crippen LogP contribution in [0.4, 0.5) is 4.79 Å². The largest absolute Gasteiger partial charge is 0.467 e. The first-order valence-corrected chi connectivity index (χ1v) is 9.39. The van der Waals surface area contributed by atoms with E-state index in [2.05, 4.69) is 15.9 Å². The normalized spacial score (nSPS) is 20.4. The number of methoxy groups -OCH3 is 1.